The van der Waals surface area contributed by atoms with Gasteiger partial charge in [0.1, 0.15) is 0 Å². The van der Waals surface area contributed by atoms with Gasteiger partial charge in [-0.05, 0) is 31.6 Å². The summed E-state index contributed by atoms with van der Waals surface area (Å²) in [6.07, 6.45) is 1.42. The largest absolute Gasteiger partial charge is 0.321 e. The van der Waals surface area contributed by atoms with Gasteiger partial charge in [-0.2, -0.15) is 0 Å². The van der Waals surface area contributed by atoms with E-state index in [1.54, 1.807) is 12.1 Å². The second-order valence-electron chi connectivity index (χ2n) is 5.73. The molecule has 0 fully saturated rings. The van der Waals surface area contributed by atoms with Crippen molar-refractivity contribution in [2.45, 2.75) is 18.9 Å². The molecule has 0 aliphatic rings. The average molecular weight is 301 g/mol. The van der Waals surface area contributed by atoms with E-state index in [4.69, 9.17) is 5.84 Å². The minimum absolute atomic E-state index is 0.0943. The second kappa shape index (κ2) is 6.49. The zero-order chi connectivity index (χ0) is 15.4. The van der Waals surface area contributed by atoms with Gasteiger partial charge in [-0.1, -0.05) is 13.8 Å². The number of nitrogen functional groups attached to an aromatic ring is 1. The van der Waals surface area contributed by atoms with Crippen LogP contribution in [-0.4, -0.2) is 45.5 Å². The monoisotopic (exact) mass is 301 g/mol. The minimum atomic E-state index is -3.69. The third kappa shape index (κ3) is 4.71. The fourth-order valence-electron chi connectivity index (χ4n) is 1.99. The van der Waals surface area contributed by atoms with E-state index in [1.165, 1.54) is 6.20 Å². The van der Waals surface area contributed by atoms with Gasteiger partial charge in [0.05, 0.1) is 5.69 Å². The second-order valence-corrected chi connectivity index (χ2v) is 7.41. The zero-order valence-electron chi connectivity index (χ0n) is 12.3. The molecule has 4 N–H and O–H groups in total. The number of hydrazine groups is 1. The third-order valence-corrected chi connectivity index (χ3v) is 4.02. The van der Waals surface area contributed by atoms with E-state index in [0.29, 0.717) is 6.54 Å². The fraction of sp³-hybridized carbons (Fsp3) is 0.583. The summed E-state index contributed by atoms with van der Waals surface area (Å²) in [5, 5.41) is -0.0943. The molecule has 0 aliphatic heterocycles. The highest BCUT2D eigenvalue weighted by Gasteiger charge is 2.25. The highest BCUT2D eigenvalue weighted by atomic mass is 32.2. The number of hydrogen-bond donors (Lipinski definition) is 3. The maximum atomic E-state index is 12.3. The molecule has 0 aromatic carbocycles. The lowest BCUT2D eigenvalue weighted by Crippen LogP contribution is -2.40. The maximum absolute atomic E-state index is 12.3. The van der Waals surface area contributed by atoms with E-state index >= 15 is 0 Å². The Balaban J connectivity index is 2.86. The smallest absolute Gasteiger partial charge is 0.260 e. The number of nitrogens with one attached hydrogen (secondary N) is 2. The maximum Gasteiger partial charge on any atom is 0.260 e. The molecule has 0 saturated carbocycles. The van der Waals surface area contributed by atoms with Gasteiger partial charge in [0.15, 0.2) is 5.03 Å². The van der Waals surface area contributed by atoms with Gasteiger partial charge in [-0.15, -0.1) is 0 Å². The number of aromatic nitrogens is 1. The molecule has 0 atom stereocenters. The highest BCUT2D eigenvalue weighted by Crippen LogP contribution is 2.19. The predicted molar refractivity (Wildman–Crippen MR) is 79.6 cm³/mol. The van der Waals surface area contributed by atoms with Crippen LogP contribution < -0.4 is 16.0 Å². The van der Waals surface area contributed by atoms with E-state index in [-0.39, 0.29) is 16.1 Å². The molecule has 0 amide bonds. The van der Waals surface area contributed by atoms with Gasteiger partial charge < -0.3 is 10.3 Å². The van der Waals surface area contributed by atoms with E-state index in [2.05, 4.69) is 15.1 Å². The molecule has 1 rings (SSSR count). The molecular weight excluding hydrogens is 278 g/mol. The zero-order valence-corrected chi connectivity index (χ0v) is 13.2. The quantitative estimate of drug-likeness (QED) is 0.492. The first kappa shape index (κ1) is 16.8. The van der Waals surface area contributed by atoms with Crippen molar-refractivity contribution in [3.8, 4) is 0 Å². The van der Waals surface area contributed by atoms with Crippen molar-refractivity contribution in [3.05, 3.63) is 18.3 Å². The Morgan fingerprint density at radius 3 is 2.60 bits per heavy atom. The number of anilines is 1. The first-order valence-electron chi connectivity index (χ1n) is 6.24. The molecule has 8 heteroatoms. The van der Waals surface area contributed by atoms with Gasteiger partial charge in [-0.3, -0.25) is 5.84 Å². The Morgan fingerprint density at radius 1 is 1.40 bits per heavy atom. The number of rotatable bonds is 7. The molecule has 0 saturated heterocycles. The van der Waals surface area contributed by atoms with Crippen molar-refractivity contribution in [3.63, 3.8) is 0 Å². The summed E-state index contributed by atoms with van der Waals surface area (Å²) in [4.78, 5) is 5.90. The van der Waals surface area contributed by atoms with E-state index in [9.17, 15) is 8.42 Å². The molecule has 0 bridgehead atoms. The molecule has 0 spiro atoms. The summed E-state index contributed by atoms with van der Waals surface area (Å²) in [6, 6.07) is 3.18. The van der Waals surface area contributed by atoms with Crippen molar-refractivity contribution in [1.29, 1.82) is 0 Å². The summed E-state index contributed by atoms with van der Waals surface area (Å²) in [5.74, 6) is 5.31. The summed E-state index contributed by atoms with van der Waals surface area (Å²) in [6.45, 7) is 5.07. The van der Waals surface area contributed by atoms with Gasteiger partial charge in [0, 0.05) is 19.3 Å². The van der Waals surface area contributed by atoms with Crippen LogP contribution in [0.5, 0.6) is 0 Å². The number of nitrogens with two attached hydrogens (primary N) is 1. The SMILES string of the molecule is CN(C)CC(C)(C)CNS(=O)(=O)c1ncccc1NN. The third-order valence-electron chi connectivity index (χ3n) is 2.67. The predicted octanol–water partition coefficient (Wildman–Crippen LogP) is 0.233. The fourth-order valence-corrected chi connectivity index (χ4v) is 3.32. The number of pyridine rings is 1. The van der Waals surface area contributed by atoms with Crippen LogP contribution in [0.1, 0.15) is 13.8 Å². The van der Waals surface area contributed by atoms with Crippen molar-refractivity contribution in [2.75, 3.05) is 32.6 Å². The summed E-state index contributed by atoms with van der Waals surface area (Å²) >= 11 is 0. The van der Waals surface area contributed by atoms with Crippen LogP contribution in [-0.2, 0) is 10.0 Å². The minimum Gasteiger partial charge on any atom is -0.321 e. The van der Waals surface area contributed by atoms with Gasteiger partial charge >= 0.3 is 0 Å². The number of hydrogen-bond acceptors (Lipinski definition) is 6. The Kier molecular flexibility index (Phi) is 5.46. The Hall–Kier alpha value is -1.22. The van der Waals surface area contributed by atoms with Crippen molar-refractivity contribution >= 4 is 15.7 Å². The molecule has 0 radical (unpaired) electrons. The van der Waals surface area contributed by atoms with Crippen molar-refractivity contribution in [1.82, 2.24) is 14.6 Å². The Bertz CT molecular complexity index is 543. The van der Waals surface area contributed by atoms with Crippen molar-refractivity contribution < 1.29 is 8.42 Å². The molecule has 1 aromatic rings. The van der Waals surface area contributed by atoms with Crippen molar-refractivity contribution in [2.24, 2.45) is 11.3 Å². The molecular formula is C12H23N5O2S. The molecule has 0 aliphatic carbocycles. The number of sulfonamides is 1. The van der Waals surface area contributed by atoms with Crippen LogP contribution in [0.3, 0.4) is 0 Å². The summed E-state index contributed by atoms with van der Waals surface area (Å²) in [5.41, 5.74) is 2.42. The molecule has 114 valence electrons. The van der Waals surface area contributed by atoms with Crippen LogP contribution >= 0.6 is 0 Å². The van der Waals surface area contributed by atoms with Gasteiger partial charge in [-0.25, -0.2) is 18.1 Å². The van der Waals surface area contributed by atoms with Crippen LogP contribution in [0.15, 0.2) is 23.4 Å². The molecule has 0 unspecified atom stereocenters. The Labute approximate surface area is 120 Å². The standard InChI is InChI=1S/C12H23N5O2S/c1-12(2,9-17(3)4)8-15-20(18,19)11-10(16-13)6-5-7-14-11/h5-7,15-16H,8-9,13H2,1-4H3. The van der Waals surface area contributed by atoms with Crippen LogP contribution in [0, 0.1) is 5.41 Å². The molecule has 1 aromatic heterocycles. The average Bonchev–Trinajstić information content (AvgIpc) is 2.35. The van der Waals surface area contributed by atoms with Gasteiger partial charge in [0.25, 0.3) is 10.0 Å². The lowest BCUT2D eigenvalue weighted by molar-refractivity contribution is 0.242. The topological polar surface area (TPSA) is 100 Å². The van der Waals surface area contributed by atoms with Crippen LogP contribution in [0.2, 0.25) is 0 Å². The summed E-state index contributed by atoms with van der Waals surface area (Å²) in [7, 11) is 0.206. The van der Waals surface area contributed by atoms with E-state index < -0.39 is 10.0 Å². The Morgan fingerprint density at radius 2 is 2.05 bits per heavy atom. The molecule has 20 heavy (non-hydrogen) atoms. The van der Waals surface area contributed by atoms with Crippen LogP contribution in [0.4, 0.5) is 5.69 Å². The van der Waals surface area contributed by atoms with Gasteiger partial charge in [0.2, 0.25) is 0 Å². The normalized spacial score (nSPS) is 12.7. The number of nitrogens with zero attached hydrogens (tertiary/aromatic N) is 2. The first-order valence-corrected chi connectivity index (χ1v) is 7.72. The lowest BCUT2D eigenvalue weighted by atomic mass is 9.93. The van der Waals surface area contributed by atoms with Crippen LogP contribution in [0.25, 0.3) is 0 Å². The molecule has 7 nitrogen and oxygen atoms in total. The lowest BCUT2D eigenvalue weighted by Gasteiger charge is -2.28. The van der Waals surface area contributed by atoms with E-state index in [0.717, 1.165) is 6.54 Å². The summed E-state index contributed by atoms with van der Waals surface area (Å²) < 4.78 is 27.1. The van der Waals surface area contributed by atoms with E-state index in [1.807, 2.05) is 32.8 Å². The first-order chi connectivity index (χ1) is 9.18. The molecule has 1 heterocycles. The highest BCUT2D eigenvalue weighted by molar-refractivity contribution is 7.89.